The largest absolute Gasteiger partial charge is 0.362 e. The molecular weight excluding hydrogens is 218 g/mol. The standard InChI is InChI=1S/C10H17N7/c1-3-10(4-2,7-11)12-8-5-6-9-13-15-16-17(9)14-8/h5-6H,3-4,7,11H2,1-2H3,(H,12,14). The van der Waals surface area contributed by atoms with Gasteiger partial charge in [-0.3, -0.25) is 0 Å². The number of rotatable bonds is 5. The molecule has 0 amide bonds. The second-order valence-corrected chi connectivity index (χ2v) is 4.06. The van der Waals surface area contributed by atoms with Crippen molar-refractivity contribution in [3.05, 3.63) is 12.1 Å². The van der Waals surface area contributed by atoms with Crippen LogP contribution >= 0.6 is 0 Å². The van der Waals surface area contributed by atoms with Gasteiger partial charge in [0.1, 0.15) is 5.82 Å². The highest BCUT2D eigenvalue weighted by Gasteiger charge is 2.24. The first-order valence-electron chi connectivity index (χ1n) is 5.76. The summed E-state index contributed by atoms with van der Waals surface area (Å²) in [7, 11) is 0. The molecule has 0 unspecified atom stereocenters. The molecule has 0 fully saturated rings. The van der Waals surface area contributed by atoms with Crippen LogP contribution in [0.5, 0.6) is 0 Å². The zero-order chi connectivity index (χ0) is 12.3. The van der Waals surface area contributed by atoms with E-state index in [9.17, 15) is 0 Å². The number of tetrazole rings is 1. The Kier molecular flexibility index (Phi) is 3.19. The van der Waals surface area contributed by atoms with Gasteiger partial charge in [-0.05, 0) is 35.4 Å². The number of nitrogens with one attached hydrogen (secondary N) is 1. The number of nitrogens with zero attached hydrogens (tertiary/aromatic N) is 5. The Labute approximate surface area is 99.4 Å². The van der Waals surface area contributed by atoms with Gasteiger partial charge in [0.05, 0.1) is 5.54 Å². The van der Waals surface area contributed by atoms with Crippen LogP contribution in [-0.2, 0) is 0 Å². The number of aromatic nitrogens is 5. The lowest BCUT2D eigenvalue weighted by Gasteiger charge is -2.31. The molecule has 17 heavy (non-hydrogen) atoms. The normalized spacial score (nSPS) is 11.9. The SMILES string of the molecule is CCC(CC)(CN)Nc1ccc2nnnn2n1. The summed E-state index contributed by atoms with van der Waals surface area (Å²) < 4.78 is 1.40. The highest BCUT2D eigenvalue weighted by molar-refractivity contribution is 5.43. The van der Waals surface area contributed by atoms with Gasteiger partial charge in [0.25, 0.3) is 0 Å². The number of hydrogen-bond acceptors (Lipinski definition) is 6. The zero-order valence-corrected chi connectivity index (χ0v) is 10.1. The van der Waals surface area contributed by atoms with Crippen LogP contribution in [0.3, 0.4) is 0 Å². The lowest BCUT2D eigenvalue weighted by atomic mass is 9.93. The van der Waals surface area contributed by atoms with Gasteiger partial charge in [-0.25, -0.2) is 0 Å². The fraction of sp³-hybridized carbons (Fsp3) is 0.600. The van der Waals surface area contributed by atoms with E-state index in [0.717, 1.165) is 18.7 Å². The van der Waals surface area contributed by atoms with E-state index in [1.54, 1.807) is 0 Å². The van der Waals surface area contributed by atoms with Crippen molar-refractivity contribution in [2.24, 2.45) is 5.73 Å². The van der Waals surface area contributed by atoms with Crippen LogP contribution < -0.4 is 11.1 Å². The third-order valence-electron chi connectivity index (χ3n) is 3.21. The lowest BCUT2D eigenvalue weighted by molar-refractivity contribution is 0.442. The molecule has 2 aromatic heterocycles. The topological polar surface area (TPSA) is 94.0 Å². The van der Waals surface area contributed by atoms with Crippen molar-refractivity contribution in [3.8, 4) is 0 Å². The molecule has 7 nitrogen and oxygen atoms in total. The van der Waals surface area contributed by atoms with Gasteiger partial charge in [0.2, 0.25) is 0 Å². The molecule has 0 radical (unpaired) electrons. The van der Waals surface area contributed by atoms with Crippen LogP contribution in [0.25, 0.3) is 5.65 Å². The number of fused-ring (bicyclic) bond motifs is 1. The maximum atomic E-state index is 5.83. The summed E-state index contributed by atoms with van der Waals surface area (Å²) in [6.07, 6.45) is 1.88. The van der Waals surface area contributed by atoms with Gasteiger partial charge in [-0.15, -0.1) is 14.8 Å². The molecule has 0 atom stereocenters. The minimum absolute atomic E-state index is 0.116. The molecule has 0 aliphatic rings. The van der Waals surface area contributed by atoms with Gasteiger partial charge in [-0.2, -0.15) is 0 Å². The molecule has 0 spiro atoms. The fourth-order valence-electron chi connectivity index (χ4n) is 1.75. The second kappa shape index (κ2) is 4.62. The molecular formula is C10H17N7. The minimum atomic E-state index is -0.116. The Balaban J connectivity index is 2.27. The maximum absolute atomic E-state index is 5.83. The van der Waals surface area contributed by atoms with Crippen LogP contribution in [0.4, 0.5) is 5.82 Å². The molecule has 2 heterocycles. The lowest BCUT2D eigenvalue weighted by Crippen LogP contribution is -2.44. The van der Waals surface area contributed by atoms with Crippen molar-refractivity contribution in [3.63, 3.8) is 0 Å². The summed E-state index contributed by atoms with van der Waals surface area (Å²) in [5.41, 5.74) is 6.34. The van der Waals surface area contributed by atoms with E-state index in [0.29, 0.717) is 12.2 Å². The molecule has 92 valence electrons. The predicted octanol–water partition coefficient (Wildman–Crippen LogP) is 0.449. The summed E-state index contributed by atoms with van der Waals surface area (Å²) in [4.78, 5) is 0. The third-order valence-corrected chi connectivity index (χ3v) is 3.21. The van der Waals surface area contributed by atoms with Crippen LogP contribution in [0, 0.1) is 0 Å². The van der Waals surface area contributed by atoms with Gasteiger partial charge in [0, 0.05) is 6.54 Å². The van der Waals surface area contributed by atoms with Crippen LogP contribution in [0.1, 0.15) is 26.7 Å². The van der Waals surface area contributed by atoms with E-state index in [4.69, 9.17) is 5.73 Å². The van der Waals surface area contributed by atoms with Crippen molar-refractivity contribution in [1.29, 1.82) is 0 Å². The molecule has 0 aromatic carbocycles. The van der Waals surface area contributed by atoms with E-state index >= 15 is 0 Å². The van der Waals surface area contributed by atoms with E-state index in [2.05, 4.69) is 39.8 Å². The molecule has 2 aromatic rings. The average Bonchev–Trinajstić information content (AvgIpc) is 2.83. The summed E-state index contributed by atoms with van der Waals surface area (Å²) in [6, 6.07) is 3.68. The van der Waals surface area contributed by atoms with Crippen molar-refractivity contribution in [1.82, 2.24) is 25.3 Å². The number of anilines is 1. The highest BCUT2D eigenvalue weighted by atomic mass is 15.6. The second-order valence-electron chi connectivity index (χ2n) is 4.06. The highest BCUT2D eigenvalue weighted by Crippen LogP contribution is 2.19. The maximum Gasteiger partial charge on any atom is 0.200 e. The summed E-state index contributed by atoms with van der Waals surface area (Å²) in [5.74, 6) is 0.735. The zero-order valence-electron chi connectivity index (χ0n) is 10.1. The van der Waals surface area contributed by atoms with Crippen LogP contribution in [-0.4, -0.2) is 37.3 Å². The summed E-state index contributed by atoms with van der Waals surface area (Å²) in [5, 5.41) is 18.8. The molecule has 0 aliphatic carbocycles. The Morgan fingerprint density at radius 3 is 2.76 bits per heavy atom. The van der Waals surface area contributed by atoms with Gasteiger partial charge in [0.15, 0.2) is 5.65 Å². The van der Waals surface area contributed by atoms with Crippen LogP contribution in [0.2, 0.25) is 0 Å². The van der Waals surface area contributed by atoms with Crippen LogP contribution in [0.15, 0.2) is 12.1 Å². The Hall–Kier alpha value is -1.76. The Morgan fingerprint density at radius 1 is 1.35 bits per heavy atom. The van der Waals surface area contributed by atoms with Crippen molar-refractivity contribution in [2.75, 3.05) is 11.9 Å². The summed E-state index contributed by atoms with van der Waals surface area (Å²) >= 11 is 0. The molecule has 0 saturated carbocycles. The fourth-order valence-corrected chi connectivity index (χ4v) is 1.75. The van der Waals surface area contributed by atoms with E-state index in [1.807, 2.05) is 12.1 Å². The average molecular weight is 235 g/mol. The monoisotopic (exact) mass is 235 g/mol. The van der Waals surface area contributed by atoms with E-state index in [1.165, 1.54) is 4.63 Å². The molecule has 3 N–H and O–H groups in total. The minimum Gasteiger partial charge on any atom is -0.362 e. The molecule has 7 heteroatoms. The molecule has 0 aliphatic heterocycles. The first-order valence-corrected chi connectivity index (χ1v) is 5.76. The number of nitrogens with two attached hydrogens (primary N) is 1. The first-order chi connectivity index (χ1) is 8.23. The van der Waals surface area contributed by atoms with Gasteiger partial charge >= 0.3 is 0 Å². The third kappa shape index (κ3) is 2.19. The number of hydrogen-bond donors (Lipinski definition) is 2. The van der Waals surface area contributed by atoms with Crippen molar-refractivity contribution >= 4 is 11.5 Å². The van der Waals surface area contributed by atoms with Crippen molar-refractivity contribution < 1.29 is 0 Å². The van der Waals surface area contributed by atoms with Gasteiger partial charge < -0.3 is 11.1 Å². The smallest absolute Gasteiger partial charge is 0.200 e. The molecule has 0 saturated heterocycles. The Bertz CT molecular complexity index is 480. The predicted molar refractivity (Wildman–Crippen MR) is 64.6 cm³/mol. The molecule has 0 bridgehead atoms. The first kappa shape index (κ1) is 11.7. The quantitative estimate of drug-likeness (QED) is 0.781. The molecule has 2 rings (SSSR count). The summed E-state index contributed by atoms with van der Waals surface area (Å²) in [6.45, 7) is 4.78. The van der Waals surface area contributed by atoms with E-state index in [-0.39, 0.29) is 5.54 Å². The van der Waals surface area contributed by atoms with Gasteiger partial charge in [-0.1, -0.05) is 13.8 Å². The van der Waals surface area contributed by atoms with E-state index < -0.39 is 0 Å². The van der Waals surface area contributed by atoms with Crippen molar-refractivity contribution in [2.45, 2.75) is 32.2 Å². The Morgan fingerprint density at radius 2 is 2.12 bits per heavy atom.